The van der Waals surface area contributed by atoms with Crippen LogP contribution in [0.4, 0.5) is 23.0 Å². The number of aromatic nitrogens is 1. The molecule has 0 aliphatic carbocycles. The number of ketones is 1. The molecule has 0 saturated carbocycles. The summed E-state index contributed by atoms with van der Waals surface area (Å²) in [6.45, 7) is 6.74. The first kappa shape index (κ1) is 18.5. The van der Waals surface area contributed by atoms with Gasteiger partial charge in [-0.3, -0.25) is 4.79 Å². The third kappa shape index (κ3) is 4.11. The van der Waals surface area contributed by atoms with Gasteiger partial charge in [-0.1, -0.05) is 25.6 Å². The Morgan fingerprint density at radius 1 is 1.33 bits per heavy atom. The molecule has 1 aromatic heterocycles. The number of Topliss-reactive ketones (excluding diaryl/α,β-unsaturated/α-hetero) is 1. The summed E-state index contributed by atoms with van der Waals surface area (Å²) in [7, 11) is 3.98. The average Bonchev–Trinajstić information content (AvgIpc) is 3.07. The molecule has 6 heteroatoms. The zero-order chi connectivity index (χ0) is 19.6. The van der Waals surface area contributed by atoms with Crippen LogP contribution in [0.15, 0.2) is 54.8 Å². The van der Waals surface area contributed by atoms with Gasteiger partial charge < -0.3 is 21.3 Å². The fourth-order valence-corrected chi connectivity index (χ4v) is 2.92. The van der Waals surface area contributed by atoms with Gasteiger partial charge >= 0.3 is 0 Å². The lowest BCUT2D eigenvalue weighted by Crippen LogP contribution is -2.18. The number of benzene rings is 1. The molecule has 0 saturated heterocycles. The Kier molecular flexibility index (Phi) is 5.16. The number of nitrogens with two attached hydrogens (primary N) is 1. The van der Waals surface area contributed by atoms with Gasteiger partial charge in [-0.2, -0.15) is 0 Å². The fourth-order valence-electron chi connectivity index (χ4n) is 2.92. The summed E-state index contributed by atoms with van der Waals surface area (Å²) in [5, 5.41) is 6.35. The summed E-state index contributed by atoms with van der Waals surface area (Å²) in [5.41, 5.74) is 9.56. The number of allylic oxidation sites excluding steroid dienone is 1. The van der Waals surface area contributed by atoms with Crippen molar-refractivity contribution in [1.29, 1.82) is 0 Å². The molecule has 0 radical (unpaired) electrons. The fraction of sp³-hybridized carbons (Fsp3) is 0.238. The number of nitrogens with one attached hydrogen (secondary N) is 2. The second-order valence-corrected chi connectivity index (χ2v) is 6.95. The van der Waals surface area contributed by atoms with E-state index in [1.807, 2.05) is 49.3 Å². The van der Waals surface area contributed by atoms with Gasteiger partial charge in [-0.25, -0.2) is 4.98 Å². The molecule has 6 nitrogen and oxygen atoms in total. The highest BCUT2D eigenvalue weighted by Crippen LogP contribution is 2.26. The van der Waals surface area contributed by atoms with E-state index < -0.39 is 0 Å². The van der Waals surface area contributed by atoms with Crippen LogP contribution in [0.5, 0.6) is 0 Å². The summed E-state index contributed by atoms with van der Waals surface area (Å²) < 4.78 is 0. The summed E-state index contributed by atoms with van der Waals surface area (Å²) in [6, 6.07) is 11.6. The molecule has 140 valence electrons. The van der Waals surface area contributed by atoms with Crippen molar-refractivity contribution in [2.75, 3.05) is 36.6 Å². The van der Waals surface area contributed by atoms with Crippen LogP contribution in [0.25, 0.3) is 5.57 Å². The van der Waals surface area contributed by atoms with Gasteiger partial charge in [0.05, 0.1) is 5.70 Å². The van der Waals surface area contributed by atoms with Crippen molar-refractivity contribution in [3.05, 3.63) is 60.3 Å². The zero-order valence-electron chi connectivity index (χ0n) is 15.9. The molecule has 1 aromatic carbocycles. The minimum Gasteiger partial charge on any atom is -0.383 e. The third-order valence-electron chi connectivity index (χ3n) is 4.47. The number of nitrogens with zero attached hydrogens (tertiary/aromatic N) is 2. The molecule has 27 heavy (non-hydrogen) atoms. The van der Waals surface area contributed by atoms with Crippen LogP contribution < -0.4 is 21.3 Å². The Balaban J connectivity index is 1.77. The normalized spacial score (nSPS) is 15.7. The SMILES string of the molecule is C=C(C(=O)C1=CC(C)CN1)c1ccc(Nc2cccc(N(C)C)c2)nc1N. The van der Waals surface area contributed by atoms with Crippen LogP contribution in [0.3, 0.4) is 0 Å². The summed E-state index contributed by atoms with van der Waals surface area (Å²) >= 11 is 0. The Morgan fingerprint density at radius 2 is 2.11 bits per heavy atom. The molecule has 0 amide bonds. The van der Waals surface area contributed by atoms with Crippen molar-refractivity contribution in [3.8, 4) is 0 Å². The van der Waals surface area contributed by atoms with Crippen molar-refractivity contribution in [2.45, 2.75) is 6.92 Å². The van der Waals surface area contributed by atoms with Crippen molar-refractivity contribution in [3.63, 3.8) is 0 Å². The van der Waals surface area contributed by atoms with E-state index in [0.29, 0.717) is 28.6 Å². The van der Waals surface area contributed by atoms with E-state index in [9.17, 15) is 4.79 Å². The van der Waals surface area contributed by atoms with Gasteiger partial charge in [0.25, 0.3) is 0 Å². The second kappa shape index (κ2) is 7.53. The number of nitrogen functional groups attached to an aromatic ring is 1. The van der Waals surface area contributed by atoms with E-state index in [1.54, 1.807) is 12.1 Å². The molecule has 3 rings (SSSR count). The van der Waals surface area contributed by atoms with Gasteiger partial charge in [0.15, 0.2) is 0 Å². The zero-order valence-corrected chi connectivity index (χ0v) is 15.9. The largest absolute Gasteiger partial charge is 0.383 e. The molecule has 0 spiro atoms. The summed E-state index contributed by atoms with van der Waals surface area (Å²) in [6.07, 6.45) is 1.92. The van der Waals surface area contributed by atoms with Gasteiger partial charge in [0.2, 0.25) is 5.78 Å². The molecule has 2 heterocycles. The maximum Gasteiger partial charge on any atom is 0.208 e. The van der Waals surface area contributed by atoms with Crippen molar-refractivity contribution in [1.82, 2.24) is 10.3 Å². The smallest absolute Gasteiger partial charge is 0.208 e. The number of hydrogen-bond acceptors (Lipinski definition) is 6. The molecular weight excluding hydrogens is 338 g/mol. The van der Waals surface area contributed by atoms with Crippen LogP contribution in [-0.2, 0) is 4.79 Å². The van der Waals surface area contributed by atoms with Crippen molar-refractivity contribution >= 4 is 34.4 Å². The van der Waals surface area contributed by atoms with E-state index in [1.165, 1.54) is 0 Å². The Morgan fingerprint density at radius 3 is 2.74 bits per heavy atom. The second-order valence-electron chi connectivity index (χ2n) is 6.95. The lowest BCUT2D eigenvalue weighted by molar-refractivity contribution is -0.110. The molecule has 1 aliphatic rings. The van der Waals surface area contributed by atoms with Gasteiger partial charge in [0.1, 0.15) is 11.6 Å². The average molecular weight is 363 g/mol. The minimum atomic E-state index is -0.146. The van der Waals surface area contributed by atoms with E-state index in [-0.39, 0.29) is 11.6 Å². The maximum atomic E-state index is 12.6. The topological polar surface area (TPSA) is 83.3 Å². The molecule has 1 unspecified atom stereocenters. The Hall–Kier alpha value is -3.28. The summed E-state index contributed by atoms with van der Waals surface area (Å²) in [4.78, 5) is 19.0. The summed E-state index contributed by atoms with van der Waals surface area (Å²) in [5.74, 6) is 1.07. The van der Waals surface area contributed by atoms with E-state index in [2.05, 4.69) is 29.1 Å². The van der Waals surface area contributed by atoms with E-state index in [4.69, 9.17) is 5.73 Å². The number of rotatable bonds is 6. The van der Waals surface area contributed by atoms with Crippen LogP contribution in [0.2, 0.25) is 0 Å². The predicted molar refractivity (Wildman–Crippen MR) is 112 cm³/mol. The van der Waals surface area contributed by atoms with Gasteiger partial charge in [0, 0.05) is 43.2 Å². The first-order valence-corrected chi connectivity index (χ1v) is 8.85. The molecule has 0 fully saturated rings. The maximum absolute atomic E-state index is 12.6. The first-order valence-electron chi connectivity index (χ1n) is 8.85. The van der Waals surface area contributed by atoms with Crippen LogP contribution in [0, 0.1) is 5.92 Å². The van der Waals surface area contributed by atoms with Gasteiger partial charge in [-0.05, 0) is 36.2 Å². The van der Waals surface area contributed by atoms with Crippen molar-refractivity contribution < 1.29 is 4.79 Å². The molecule has 2 aromatic rings. The highest BCUT2D eigenvalue weighted by Gasteiger charge is 2.22. The standard InChI is InChI=1S/C21H25N5O/c1-13-10-18(23-12-13)20(27)14(2)17-8-9-19(25-21(17)22)24-15-6-5-7-16(11-15)26(3)4/h5-11,13,23H,2,12H2,1,3-4H3,(H3,22,24,25). The first-order chi connectivity index (χ1) is 12.8. The molecule has 4 N–H and O–H groups in total. The van der Waals surface area contributed by atoms with Gasteiger partial charge in [-0.15, -0.1) is 0 Å². The van der Waals surface area contributed by atoms with E-state index >= 15 is 0 Å². The predicted octanol–water partition coefficient (Wildman–Crippen LogP) is 3.18. The molecule has 1 atom stereocenters. The quantitative estimate of drug-likeness (QED) is 0.684. The monoisotopic (exact) mass is 363 g/mol. The highest BCUT2D eigenvalue weighted by atomic mass is 16.1. The van der Waals surface area contributed by atoms with E-state index in [0.717, 1.165) is 17.9 Å². The minimum absolute atomic E-state index is 0.146. The molecule has 0 bridgehead atoms. The van der Waals surface area contributed by atoms with Crippen molar-refractivity contribution in [2.24, 2.45) is 5.92 Å². The lowest BCUT2D eigenvalue weighted by atomic mass is 10.0. The number of hydrogen-bond donors (Lipinski definition) is 3. The molecular formula is C21H25N5O. The number of carbonyl (C=O) groups excluding carboxylic acids is 1. The van der Waals surface area contributed by atoms with Crippen LogP contribution in [0.1, 0.15) is 12.5 Å². The third-order valence-corrected chi connectivity index (χ3v) is 4.47. The number of anilines is 4. The number of pyridine rings is 1. The number of carbonyl (C=O) groups is 1. The lowest BCUT2D eigenvalue weighted by Gasteiger charge is -2.15. The Labute approximate surface area is 159 Å². The molecule has 1 aliphatic heterocycles. The highest BCUT2D eigenvalue weighted by molar-refractivity contribution is 6.28. The Bertz CT molecular complexity index is 917. The van der Waals surface area contributed by atoms with Crippen LogP contribution >= 0.6 is 0 Å². The van der Waals surface area contributed by atoms with Crippen LogP contribution in [-0.4, -0.2) is 31.4 Å².